The fourth-order valence-corrected chi connectivity index (χ4v) is 4.72. The largest absolute Gasteiger partial charge is 0.389 e. The molecule has 1 aliphatic rings. The topological polar surface area (TPSA) is 132 Å². The van der Waals surface area contributed by atoms with E-state index in [1.165, 1.54) is 23.9 Å². The molecule has 1 aliphatic heterocycles. The van der Waals surface area contributed by atoms with Gasteiger partial charge in [-0.05, 0) is 12.1 Å². The Morgan fingerprint density at radius 1 is 1.00 bits per heavy atom. The maximum atomic E-state index is 10.0. The first-order valence-electron chi connectivity index (χ1n) is 6.22. The van der Waals surface area contributed by atoms with E-state index in [1.807, 2.05) is 18.2 Å². The smallest absolute Gasteiger partial charge is 0.108 e. The SMILES string of the molecule is N#Cc1cc(C#N)c(S[C@@H]2SC[C@@H](O)[C@H](O)[C@H]2O)c(C#N)c1. The minimum atomic E-state index is -1.27. The van der Waals surface area contributed by atoms with E-state index < -0.39 is 22.9 Å². The summed E-state index contributed by atoms with van der Waals surface area (Å²) >= 11 is 2.33. The van der Waals surface area contributed by atoms with E-state index in [2.05, 4.69) is 0 Å². The second-order valence-electron chi connectivity index (χ2n) is 4.60. The summed E-state index contributed by atoms with van der Waals surface area (Å²) in [5, 5.41) is 56.6. The van der Waals surface area contributed by atoms with Gasteiger partial charge in [0.05, 0.1) is 33.4 Å². The van der Waals surface area contributed by atoms with Crippen LogP contribution in [0.4, 0.5) is 0 Å². The third-order valence-corrected chi connectivity index (χ3v) is 6.17. The van der Waals surface area contributed by atoms with Crippen molar-refractivity contribution in [2.45, 2.75) is 27.8 Å². The number of nitrogens with zero attached hydrogens (tertiary/aromatic N) is 3. The highest BCUT2D eigenvalue weighted by Gasteiger charge is 2.38. The van der Waals surface area contributed by atoms with Crippen molar-refractivity contribution in [2.24, 2.45) is 0 Å². The maximum Gasteiger partial charge on any atom is 0.108 e. The summed E-state index contributed by atoms with van der Waals surface area (Å²) in [5.41, 5.74) is 0.563. The molecule has 22 heavy (non-hydrogen) atoms. The van der Waals surface area contributed by atoms with Crippen LogP contribution in [0.5, 0.6) is 0 Å². The maximum absolute atomic E-state index is 10.0. The van der Waals surface area contributed by atoms with Crippen molar-refractivity contribution in [3.05, 3.63) is 28.8 Å². The van der Waals surface area contributed by atoms with Crippen molar-refractivity contribution in [2.75, 3.05) is 5.75 Å². The van der Waals surface area contributed by atoms with Crippen LogP contribution in [0.2, 0.25) is 0 Å². The number of thioether (sulfide) groups is 2. The van der Waals surface area contributed by atoms with Gasteiger partial charge in [-0.1, -0.05) is 0 Å². The lowest BCUT2D eigenvalue weighted by Crippen LogP contribution is -2.47. The number of hydrogen-bond acceptors (Lipinski definition) is 8. The molecule has 0 saturated carbocycles. The molecule has 3 N–H and O–H groups in total. The van der Waals surface area contributed by atoms with Crippen LogP contribution in [-0.2, 0) is 0 Å². The second kappa shape index (κ2) is 7.02. The van der Waals surface area contributed by atoms with Crippen LogP contribution < -0.4 is 0 Å². The Balaban J connectivity index is 2.36. The Kier molecular flexibility index (Phi) is 5.31. The summed E-state index contributed by atoms with van der Waals surface area (Å²) in [6, 6.07) is 8.54. The Hall–Kier alpha value is -1.73. The first-order chi connectivity index (χ1) is 10.5. The Morgan fingerprint density at radius 2 is 1.59 bits per heavy atom. The van der Waals surface area contributed by atoms with Crippen molar-refractivity contribution in [3.63, 3.8) is 0 Å². The van der Waals surface area contributed by atoms with Gasteiger partial charge in [-0.15, -0.1) is 23.5 Å². The van der Waals surface area contributed by atoms with Crippen LogP contribution in [0, 0.1) is 34.0 Å². The minimum absolute atomic E-state index is 0.175. The van der Waals surface area contributed by atoms with Gasteiger partial charge in [0.15, 0.2) is 0 Å². The fraction of sp³-hybridized carbons (Fsp3) is 0.357. The Labute approximate surface area is 135 Å². The summed E-state index contributed by atoms with van der Waals surface area (Å²) in [4.78, 5) is 0.365. The average Bonchev–Trinajstić information content (AvgIpc) is 2.55. The molecule has 4 atom stereocenters. The minimum Gasteiger partial charge on any atom is -0.389 e. The molecular formula is C14H11N3O3S2. The molecule has 1 heterocycles. The molecule has 0 amide bonds. The summed E-state index contributed by atoms with van der Waals surface area (Å²) in [5.74, 6) is 0.246. The lowest BCUT2D eigenvalue weighted by atomic mass is 10.1. The number of aliphatic hydroxyl groups is 3. The molecule has 0 bridgehead atoms. The molecule has 0 spiro atoms. The van der Waals surface area contributed by atoms with Gasteiger partial charge in [0, 0.05) is 10.6 Å². The van der Waals surface area contributed by atoms with Crippen LogP contribution in [0.15, 0.2) is 17.0 Å². The highest BCUT2D eigenvalue weighted by Crippen LogP contribution is 2.41. The molecule has 8 heteroatoms. The van der Waals surface area contributed by atoms with Gasteiger partial charge >= 0.3 is 0 Å². The Morgan fingerprint density at radius 3 is 2.09 bits per heavy atom. The normalized spacial score (nSPS) is 27.5. The quantitative estimate of drug-likeness (QED) is 0.715. The number of rotatable bonds is 2. The van der Waals surface area contributed by atoms with E-state index in [0.717, 1.165) is 11.8 Å². The predicted molar refractivity (Wildman–Crippen MR) is 80.7 cm³/mol. The lowest BCUT2D eigenvalue weighted by Gasteiger charge is -2.34. The first kappa shape index (κ1) is 16.6. The van der Waals surface area contributed by atoms with Gasteiger partial charge in [0.1, 0.15) is 24.3 Å². The van der Waals surface area contributed by atoms with Gasteiger partial charge in [-0.2, -0.15) is 15.8 Å². The summed E-state index contributed by atoms with van der Waals surface area (Å²) in [7, 11) is 0. The third-order valence-electron chi connectivity index (χ3n) is 3.15. The van der Waals surface area contributed by atoms with Gasteiger partial charge in [0.25, 0.3) is 0 Å². The van der Waals surface area contributed by atoms with Crippen LogP contribution in [-0.4, -0.2) is 44.0 Å². The number of benzene rings is 1. The van der Waals surface area contributed by atoms with E-state index in [4.69, 9.17) is 5.26 Å². The van der Waals surface area contributed by atoms with Gasteiger partial charge in [-0.25, -0.2) is 0 Å². The van der Waals surface area contributed by atoms with Crippen LogP contribution in [0.25, 0.3) is 0 Å². The average molecular weight is 333 g/mol. The fourth-order valence-electron chi connectivity index (χ4n) is 1.99. The summed E-state index contributed by atoms with van der Waals surface area (Å²) in [6.45, 7) is 0. The van der Waals surface area contributed by atoms with E-state index in [9.17, 15) is 25.8 Å². The zero-order valence-electron chi connectivity index (χ0n) is 11.2. The third kappa shape index (κ3) is 3.20. The molecule has 1 aromatic carbocycles. The molecule has 0 aliphatic carbocycles. The zero-order chi connectivity index (χ0) is 16.3. The van der Waals surface area contributed by atoms with Gasteiger partial charge in [0.2, 0.25) is 0 Å². The van der Waals surface area contributed by atoms with Crippen molar-refractivity contribution in [1.82, 2.24) is 0 Å². The van der Waals surface area contributed by atoms with Crippen molar-refractivity contribution >= 4 is 23.5 Å². The summed E-state index contributed by atoms with van der Waals surface area (Å²) in [6.07, 6.45) is -3.47. The number of hydrogen-bond donors (Lipinski definition) is 3. The molecule has 6 nitrogen and oxygen atoms in total. The van der Waals surface area contributed by atoms with Crippen molar-refractivity contribution < 1.29 is 15.3 Å². The highest BCUT2D eigenvalue weighted by molar-refractivity contribution is 8.17. The molecule has 1 aromatic rings. The van der Waals surface area contributed by atoms with E-state index in [0.29, 0.717) is 4.90 Å². The monoisotopic (exact) mass is 333 g/mol. The lowest BCUT2D eigenvalue weighted by molar-refractivity contribution is -0.0474. The molecule has 112 valence electrons. The molecule has 1 saturated heterocycles. The van der Waals surface area contributed by atoms with Gasteiger partial charge < -0.3 is 15.3 Å². The second-order valence-corrected chi connectivity index (χ2v) is 7.23. The van der Waals surface area contributed by atoms with E-state index >= 15 is 0 Å². The van der Waals surface area contributed by atoms with Crippen LogP contribution in [0.3, 0.4) is 0 Å². The van der Waals surface area contributed by atoms with Crippen LogP contribution in [0.1, 0.15) is 16.7 Å². The highest BCUT2D eigenvalue weighted by atomic mass is 32.2. The molecule has 2 rings (SSSR count). The molecule has 0 radical (unpaired) electrons. The number of nitriles is 3. The molecule has 0 aromatic heterocycles. The standard InChI is InChI=1S/C14H11N3O3S2/c15-3-7-1-8(4-16)13(9(2-7)5-17)22-14-12(20)11(19)10(18)6-21-14/h1-2,10-12,14,18-20H,6H2/t10-,11+,12-,14+/m1/s1. The van der Waals surface area contributed by atoms with Gasteiger partial charge in [-0.3, -0.25) is 0 Å². The van der Waals surface area contributed by atoms with E-state index in [1.54, 1.807) is 0 Å². The number of aliphatic hydroxyl groups excluding tert-OH is 3. The molecule has 0 unspecified atom stereocenters. The van der Waals surface area contributed by atoms with Crippen LogP contribution >= 0.6 is 23.5 Å². The predicted octanol–water partition coefficient (Wildman–Crippen LogP) is 0.549. The van der Waals surface area contributed by atoms with E-state index in [-0.39, 0.29) is 22.4 Å². The first-order valence-corrected chi connectivity index (χ1v) is 8.15. The molecular weight excluding hydrogens is 322 g/mol. The Bertz CT molecular complexity index is 670. The zero-order valence-corrected chi connectivity index (χ0v) is 12.8. The molecule has 1 fully saturated rings. The summed E-state index contributed by atoms with van der Waals surface area (Å²) < 4.78 is -0.523. The van der Waals surface area contributed by atoms with Crippen molar-refractivity contribution in [3.8, 4) is 18.2 Å². The van der Waals surface area contributed by atoms with Crippen molar-refractivity contribution in [1.29, 1.82) is 15.8 Å².